The third-order valence-corrected chi connectivity index (χ3v) is 5.17. The Hall–Kier alpha value is -3.06. The molecule has 3 rings (SSSR count). The molecule has 0 aliphatic heterocycles. The number of rotatable bonds is 9. The highest BCUT2D eigenvalue weighted by atomic mass is 32.1. The third-order valence-electron chi connectivity index (χ3n) is 4.54. The molecule has 0 saturated carbocycles. The first-order valence-corrected chi connectivity index (χ1v) is 10.4. The fraction of sp³-hybridized carbons (Fsp3) is 0.273. The van der Waals surface area contributed by atoms with Gasteiger partial charge in [-0.15, -0.1) is 11.3 Å². The standard InChI is InChI=1S/C22H25N3O3S/c1-4-25(5-2)19-9-7-17(8-10-19)24-22(26)16-6-11-20(21(12-16)27-3)28-13-18-14-29-15-23-18/h6-12,14-15H,4-5,13H2,1-3H3,(H,24,26). The Bertz CT molecular complexity index is 923. The van der Waals surface area contributed by atoms with Crippen molar-refractivity contribution in [2.45, 2.75) is 20.5 Å². The van der Waals surface area contributed by atoms with E-state index < -0.39 is 0 Å². The van der Waals surface area contributed by atoms with Gasteiger partial charge in [0.1, 0.15) is 6.61 Å². The zero-order chi connectivity index (χ0) is 20.6. The number of carbonyl (C=O) groups is 1. The van der Waals surface area contributed by atoms with E-state index in [1.165, 1.54) is 11.3 Å². The maximum atomic E-state index is 12.6. The monoisotopic (exact) mass is 411 g/mol. The average molecular weight is 412 g/mol. The van der Waals surface area contributed by atoms with Crippen LogP contribution in [-0.4, -0.2) is 31.1 Å². The Morgan fingerprint density at radius 1 is 1.10 bits per heavy atom. The van der Waals surface area contributed by atoms with E-state index in [0.717, 1.165) is 30.2 Å². The molecule has 3 aromatic rings. The van der Waals surface area contributed by atoms with E-state index in [2.05, 4.69) is 29.0 Å². The zero-order valence-electron chi connectivity index (χ0n) is 16.8. The number of aromatic nitrogens is 1. The Morgan fingerprint density at radius 3 is 2.48 bits per heavy atom. The number of nitrogens with one attached hydrogen (secondary N) is 1. The van der Waals surface area contributed by atoms with Crippen molar-refractivity contribution in [3.8, 4) is 11.5 Å². The SMILES string of the molecule is CCN(CC)c1ccc(NC(=O)c2ccc(OCc3cscn3)c(OC)c2)cc1. The fourth-order valence-corrected chi connectivity index (χ4v) is 3.48. The maximum Gasteiger partial charge on any atom is 0.255 e. The number of nitrogens with zero attached hydrogens (tertiary/aromatic N) is 2. The Morgan fingerprint density at radius 2 is 1.86 bits per heavy atom. The molecule has 0 spiro atoms. The molecule has 6 nitrogen and oxygen atoms in total. The van der Waals surface area contributed by atoms with E-state index in [1.807, 2.05) is 29.6 Å². The summed E-state index contributed by atoms with van der Waals surface area (Å²) in [6.45, 7) is 6.48. The number of hydrogen-bond acceptors (Lipinski definition) is 6. The van der Waals surface area contributed by atoms with Crippen LogP contribution in [0.2, 0.25) is 0 Å². The van der Waals surface area contributed by atoms with Crippen LogP contribution in [0.3, 0.4) is 0 Å². The molecule has 2 aromatic carbocycles. The Kier molecular flexibility index (Phi) is 7.08. The minimum absolute atomic E-state index is 0.204. The number of amides is 1. The molecule has 0 saturated heterocycles. The third kappa shape index (κ3) is 5.26. The van der Waals surface area contributed by atoms with Gasteiger partial charge < -0.3 is 19.7 Å². The number of thiazole rings is 1. The van der Waals surface area contributed by atoms with Gasteiger partial charge in [0.25, 0.3) is 5.91 Å². The van der Waals surface area contributed by atoms with Gasteiger partial charge in [0, 0.05) is 35.4 Å². The van der Waals surface area contributed by atoms with E-state index in [1.54, 1.807) is 30.8 Å². The summed E-state index contributed by atoms with van der Waals surface area (Å²) in [6, 6.07) is 13.0. The first kappa shape index (κ1) is 20.7. The molecule has 0 aliphatic rings. The van der Waals surface area contributed by atoms with Crippen LogP contribution in [-0.2, 0) is 6.61 Å². The van der Waals surface area contributed by atoms with Gasteiger partial charge in [-0.25, -0.2) is 4.98 Å². The summed E-state index contributed by atoms with van der Waals surface area (Å²) < 4.78 is 11.2. The van der Waals surface area contributed by atoms with Crippen molar-refractivity contribution in [1.82, 2.24) is 4.98 Å². The molecular weight excluding hydrogens is 386 g/mol. The number of anilines is 2. The van der Waals surface area contributed by atoms with Gasteiger partial charge in [0.05, 0.1) is 18.3 Å². The molecule has 1 heterocycles. The lowest BCUT2D eigenvalue weighted by molar-refractivity contribution is 0.102. The van der Waals surface area contributed by atoms with Crippen LogP contribution >= 0.6 is 11.3 Å². The molecule has 0 bridgehead atoms. The Labute approximate surface area is 175 Å². The van der Waals surface area contributed by atoms with Gasteiger partial charge in [-0.2, -0.15) is 0 Å². The van der Waals surface area contributed by atoms with Crippen LogP contribution in [0.4, 0.5) is 11.4 Å². The van der Waals surface area contributed by atoms with Crippen LogP contribution in [0.25, 0.3) is 0 Å². The van der Waals surface area contributed by atoms with Crippen molar-refractivity contribution in [3.05, 3.63) is 64.6 Å². The van der Waals surface area contributed by atoms with Crippen molar-refractivity contribution in [2.24, 2.45) is 0 Å². The molecule has 152 valence electrons. The number of ether oxygens (including phenoxy) is 2. The summed E-state index contributed by atoms with van der Waals surface area (Å²) in [5.74, 6) is 0.871. The summed E-state index contributed by atoms with van der Waals surface area (Å²) in [5.41, 5.74) is 4.99. The van der Waals surface area contributed by atoms with Crippen LogP contribution in [0.5, 0.6) is 11.5 Å². The number of hydrogen-bond donors (Lipinski definition) is 1. The lowest BCUT2D eigenvalue weighted by Crippen LogP contribution is -2.21. The molecule has 7 heteroatoms. The predicted octanol–water partition coefficient (Wildman–Crippen LogP) is 4.83. The van der Waals surface area contributed by atoms with Gasteiger partial charge >= 0.3 is 0 Å². The minimum Gasteiger partial charge on any atom is -0.493 e. The van der Waals surface area contributed by atoms with Crippen LogP contribution in [0.1, 0.15) is 29.9 Å². The molecule has 0 radical (unpaired) electrons. The van der Waals surface area contributed by atoms with Gasteiger partial charge in [-0.3, -0.25) is 4.79 Å². The zero-order valence-corrected chi connectivity index (χ0v) is 17.7. The summed E-state index contributed by atoms with van der Waals surface area (Å²) in [7, 11) is 1.55. The van der Waals surface area contributed by atoms with Gasteiger partial charge in [-0.05, 0) is 56.3 Å². The number of benzene rings is 2. The summed E-state index contributed by atoms with van der Waals surface area (Å²) >= 11 is 1.52. The highest BCUT2D eigenvalue weighted by Gasteiger charge is 2.12. The number of methoxy groups -OCH3 is 1. The minimum atomic E-state index is -0.204. The first-order valence-electron chi connectivity index (χ1n) is 9.48. The first-order chi connectivity index (χ1) is 14.1. The fourth-order valence-electron chi connectivity index (χ4n) is 2.94. The van der Waals surface area contributed by atoms with Gasteiger partial charge in [-0.1, -0.05) is 0 Å². The highest BCUT2D eigenvalue weighted by Crippen LogP contribution is 2.29. The van der Waals surface area contributed by atoms with Crippen molar-refractivity contribution in [3.63, 3.8) is 0 Å². The van der Waals surface area contributed by atoms with Gasteiger partial charge in [0.15, 0.2) is 11.5 Å². The van der Waals surface area contributed by atoms with Crippen molar-refractivity contribution < 1.29 is 14.3 Å². The smallest absolute Gasteiger partial charge is 0.255 e. The molecular formula is C22H25N3O3S. The largest absolute Gasteiger partial charge is 0.493 e. The van der Waals surface area contributed by atoms with Crippen LogP contribution in [0.15, 0.2) is 53.4 Å². The lowest BCUT2D eigenvalue weighted by Gasteiger charge is -2.21. The van der Waals surface area contributed by atoms with E-state index in [9.17, 15) is 4.79 Å². The molecule has 0 unspecified atom stereocenters. The second kappa shape index (κ2) is 9.93. The lowest BCUT2D eigenvalue weighted by atomic mass is 10.1. The van der Waals surface area contributed by atoms with Crippen LogP contribution < -0.4 is 19.7 Å². The normalized spacial score (nSPS) is 10.4. The maximum absolute atomic E-state index is 12.6. The summed E-state index contributed by atoms with van der Waals surface area (Å²) in [5, 5.41) is 4.85. The van der Waals surface area contributed by atoms with E-state index in [4.69, 9.17) is 9.47 Å². The van der Waals surface area contributed by atoms with Crippen molar-refractivity contribution >= 4 is 28.6 Å². The van der Waals surface area contributed by atoms with Crippen molar-refractivity contribution in [1.29, 1.82) is 0 Å². The van der Waals surface area contributed by atoms with Crippen LogP contribution in [0, 0.1) is 0 Å². The molecule has 1 aromatic heterocycles. The summed E-state index contributed by atoms with van der Waals surface area (Å²) in [4.78, 5) is 19.1. The predicted molar refractivity (Wildman–Crippen MR) is 117 cm³/mol. The molecule has 1 amide bonds. The Balaban J connectivity index is 1.67. The van der Waals surface area contributed by atoms with Crippen molar-refractivity contribution in [2.75, 3.05) is 30.4 Å². The van der Waals surface area contributed by atoms with E-state index in [0.29, 0.717) is 23.7 Å². The topological polar surface area (TPSA) is 63.7 Å². The molecule has 0 atom stereocenters. The molecule has 0 aliphatic carbocycles. The number of carbonyl (C=O) groups excluding carboxylic acids is 1. The molecule has 0 fully saturated rings. The second-order valence-corrected chi connectivity index (χ2v) is 7.03. The highest BCUT2D eigenvalue weighted by molar-refractivity contribution is 7.07. The van der Waals surface area contributed by atoms with Gasteiger partial charge in [0.2, 0.25) is 0 Å². The quantitative estimate of drug-likeness (QED) is 0.546. The summed E-state index contributed by atoms with van der Waals surface area (Å²) in [6.07, 6.45) is 0. The van der Waals surface area contributed by atoms with E-state index >= 15 is 0 Å². The molecule has 1 N–H and O–H groups in total. The molecule has 29 heavy (non-hydrogen) atoms. The average Bonchev–Trinajstić information content (AvgIpc) is 3.28. The van der Waals surface area contributed by atoms with E-state index in [-0.39, 0.29) is 5.91 Å². The second-order valence-electron chi connectivity index (χ2n) is 6.31.